The van der Waals surface area contributed by atoms with E-state index in [0.717, 1.165) is 48.6 Å². The van der Waals surface area contributed by atoms with Gasteiger partial charge in [0, 0.05) is 35.9 Å². The standard InChI is InChI=1S/C14H19Cl2N3/c1-2-13-11-6-17-4-9(11)7-19(13)8-10-5-18-14(16)3-12(10)15/h3,5,9,11,13,17H,2,4,6-8H2,1H3. The molecule has 3 unspecified atom stereocenters. The van der Waals surface area contributed by atoms with E-state index in [1.807, 2.05) is 6.20 Å². The summed E-state index contributed by atoms with van der Waals surface area (Å²) in [5, 5.41) is 4.70. The van der Waals surface area contributed by atoms with Crippen molar-refractivity contribution in [3.05, 3.63) is 28.0 Å². The first kappa shape index (κ1) is 13.6. The molecule has 2 aliphatic heterocycles. The SMILES string of the molecule is CCC1C2CNCC2CN1Cc1cnc(Cl)cc1Cl. The fraction of sp³-hybridized carbons (Fsp3) is 0.643. The summed E-state index contributed by atoms with van der Waals surface area (Å²) < 4.78 is 0. The molecule has 3 atom stereocenters. The Balaban J connectivity index is 1.76. The van der Waals surface area contributed by atoms with Gasteiger partial charge in [0.25, 0.3) is 0 Å². The number of aromatic nitrogens is 1. The maximum Gasteiger partial charge on any atom is 0.130 e. The van der Waals surface area contributed by atoms with Crippen LogP contribution >= 0.6 is 23.2 Å². The van der Waals surface area contributed by atoms with Crippen LogP contribution in [-0.2, 0) is 6.54 Å². The van der Waals surface area contributed by atoms with Gasteiger partial charge in [-0.1, -0.05) is 30.1 Å². The van der Waals surface area contributed by atoms with E-state index in [9.17, 15) is 0 Å². The molecular weight excluding hydrogens is 281 g/mol. The lowest BCUT2D eigenvalue weighted by Crippen LogP contribution is -2.34. The van der Waals surface area contributed by atoms with Gasteiger partial charge in [-0.15, -0.1) is 0 Å². The molecule has 1 aromatic rings. The van der Waals surface area contributed by atoms with Gasteiger partial charge in [-0.25, -0.2) is 4.98 Å². The molecule has 0 bridgehead atoms. The molecule has 0 aliphatic carbocycles. The van der Waals surface area contributed by atoms with E-state index in [2.05, 4.69) is 22.1 Å². The van der Waals surface area contributed by atoms with Gasteiger partial charge in [-0.2, -0.15) is 0 Å². The average Bonchev–Trinajstić information content (AvgIpc) is 2.92. The number of hydrogen-bond acceptors (Lipinski definition) is 3. The molecule has 1 aromatic heterocycles. The van der Waals surface area contributed by atoms with Crippen molar-refractivity contribution in [3.63, 3.8) is 0 Å². The monoisotopic (exact) mass is 299 g/mol. The third kappa shape index (κ3) is 2.62. The van der Waals surface area contributed by atoms with Crippen LogP contribution in [0.4, 0.5) is 0 Å². The normalized spacial score (nSPS) is 30.8. The lowest BCUT2D eigenvalue weighted by atomic mass is 9.93. The summed E-state index contributed by atoms with van der Waals surface area (Å²) in [6.07, 6.45) is 3.01. The van der Waals surface area contributed by atoms with Crippen LogP contribution in [0.5, 0.6) is 0 Å². The minimum Gasteiger partial charge on any atom is -0.316 e. The molecular formula is C14H19Cl2N3. The molecule has 0 saturated carbocycles. The molecule has 3 heterocycles. The fourth-order valence-electron chi connectivity index (χ4n) is 3.62. The van der Waals surface area contributed by atoms with Crippen molar-refractivity contribution >= 4 is 23.2 Å². The van der Waals surface area contributed by atoms with Crippen molar-refractivity contribution in [2.75, 3.05) is 19.6 Å². The molecule has 1 N–H and O–H groups in total. The lowest BCUT2D eigenvalue weighted by molar-refractivity contribution is 0.210. The van der Waals surface area contributed by atoms with Crippen molar-refractivity contribution in [2.45, 2.75) is 25.9 Å². The van der Waals surface area contributed by atoms with Gasteiger partial charge in [0.15, 0.2) is 0 Å². The number of halogens is 2. The van der Waals surface area contributed by atoms with Gasteiger partial charge in [0.2, 0.25) is 0 Å². The van der Waals surface area contributed by atoms with Gasteiger partial charge >= 0.3 is 0 Å². The van der Waals surface area contributed by atoms with Crippen LogP contribution in [0.3, 0.4) is 0 Å². The van der Waals surface area contributed by atoms with Crippen molar-refractivity contribution < 1.29 is 0 Å². The van der Waals surface area contributed by atoms with Crippen LogP contribution < -0.4 is 5.32 Å². The van der Waals surface area contributed by atoms with E-state index in [-0.39, 0.29) is 0 Å². The van der Waals surface area contributed by atoms with Gasteiger partial charge in [-0.05, 0) is 37.4 Å². The van der Waals surface area contributed by atoms with Crippen LogP contribution in [0, 0.1) is 11.8 Å². The molecule has 5 heteroatoms. The van der Waals surface area contributed by atoms with E-state index in [1.54, 1.807) is 6.07 Å². The minimum atomic E-state index is 0.461. The summed E-state index contributed by atoms with van der Waals surface area (Å²) in [6, 6.07) is 2.39. The molecule has 0 amide bonds. The third-order valence-electron chi connectivity index (χ3n) is 4.51. The van der Waals surface area contributed by atoms with Crippen molar-refractivity contribution in [1.29, 1.82) is 0 Å². The highest BCUT2D eigenvalue weighted by atomic mass is 35.5. The Bertz CT molecular complexity index is 466. The summed E-state index contributed by atoms with van der Waals surface area (Å²) >= 11 is 12.1. The molecule has 0 spiro atoms. The molecule has 104 valence electrons. The third-order valence-corrected chi connectivity index (χ3v) is 5.07. The second kappa shape index (κ2) is 5.57. The van der Waals surface area contributed by atoms with E-state index < -0.39 is 0 Å². The number of nitrogens with zero attached hydrogens (tertiary/aromatic N) is 2. The molecule has 2 saturated heterocycles. The second-order valence-electron chi connectivity index (χ2n) is 5.59. The Morgan fingerprint density at radius 3 is 3.00 bits per heavy atom. The van der Waals surface area contributed by atoms with Gasteiger partial charge in [0.1, 0.15) is 5.15 Å². The predicted octanol–water partition coefficient (Wildman–Crippen LogP) is 2.82. The van der Waals surface area contributed by atoms with E-state index >= 15 is 0 Å². The van der Waals surface area contributed by atoms with Gasteiger partial charge < -0.3 is 5.32 Å². The van der Waals surface area contributed by atoms with Crippen molar-refractivity contribution in [3.8, 4) is 0 Å². The van der Waals surface area contributed by atoms with E-state index in [1.165, 1.54) is 6.42 Å². The summed E-state index contributed by atoms with van der Waals surface area (Å²) in [5.74, 6) is 1.59. The van der Waals surface area contributed by atoms with Gasteiger partial charge in [0.05, 0.1) is 0 Å². The quantitative estimate of drug-likeness (QED) is 0.870. The number of likely N-dealkylation sites (tertiary alicyclic amines) is 1. The molecule has 19 heavy (non-hydrogen) atoms. The number of hydrogen-bond donors (Lipinski definition) is 1. The molecule has 3 rings (SSSR count). The lowest BCUT2D eigenvalue weighted by Gasteiger charge is -2.27. The Morgan fingerprint density at radius 1 is 1.42 bits per heavy atom. The average molecular weight is 300 g/mol. The van der Waals surface area contributed by atoms with Crippen LogP contribution in [0.1, 0.15) is 18.9 Å². The number of nitrogens with one attached hydrogen (secondary N) is 1. The second-order valence-corrected chi connectivity index (χ2v) is 6.38. The van der Waals surface area contributed by atoms with E-state index in [0.29, 0.717) is 11.2 Å². The van der Waals surface area contributed by atoms with Crippen LogP contribution in [0.15, 0.2) is 12.3 Å². The highest BCUT2D eigenvalue weighted by Gasteiger charge is 2.42. The van der Waals surface area contributed by atoms with Crippen molar-refractivity contribution in [1.82, 2.24) is 15.2 Å². The molecule has 0 radical (unpaired) electrons. The highest BCUT2D eigenvalue weighted by Crippen LogP contribution is 2.35. The van der Waals surface area contributed by atoms with Crippen LogP contribution in [0.25, 0.3) is 0 Å². The maximum absolute atomic E-state index is 6.26. The molecule has 2 aliphatic rings. The van der Waals surface area contributed by atoms with Gasteiger partial charge in [-0.3, -0.25) is 4.90 Å². The summed E-state index contributed by atoms with van der Waals surface area (Å²) in [4.78, 5) is 6.71. The highest BCUT2D eigenvalue weighted by molar-refractivity contribution is 6.34. The Labute approximate surface area is 124 Å². The fourth-order valence-corrected chi connectivity index (χ4v) is 4.05. The summed E-state index contributed by atoms with van der Waals surface area (Å²) in [7, 11) is 0. The number of pyridine rings is 1. The van der Waals surface area contributed by atoms with Crippen molar-refractivity contribution in [2.24, 2.45) is 11.8 Å². The first-order chi connectivity index (χ1) is 9.19. The van der Waals surface area contributed by atoms with E-state index in [4.69, 9.17) is 23.2 Å². The zero-order chi connectivity index (χ0) is 13.4. The largest absolute Gasteiger partial charge is 0.316 e. The number of rotatable bonds is 3. The topological polar surface area (TPSA) is 28.2 Å². The summed E-state index contributed by atoms with van der Waals surface area (Å²) in [6.45, 7) is 6.64. The maximum atomic E-state index is 6.26. The first-order valence-corrected chi connectivity index (χ1v) is 7.69. The first-order valence-electron chi connectivity index (χ1n) is 6.93. The molecule has 0 aromatic carbocycles. The van der Waals surface area contributed by atoms with Crippen LogP contribution in [-0.4, -0.2) is 35.6 Å². The Hall–Kier alpha value is -0.350. The zero-order valence-corrected chi connectivity index (χ0v) is 12.6. The summed E-state index contributed by atoms with van der Waals surface area (Å²) in [5.41, 5.74) is 1.08. The molecule has 2 fully saturated rings. The smallest absolute Gasteiger partial charge is 0.130 e. The Morgan fingerprint density at radius 2 is 2.26 bits per heavy atom. The van der Waals surface area contributed by atoms with Crippen LogP contribution in [0.2, 0.25) is 10.2 Å². The predicted molar refractivity (Wildman–Crippen MR) is 78.6 cm³/mol. The molecule has 3 nitrogen and oxygen atoms in total. The zero-order valence-electron chi connectivity index (χ0n) is 11.1. The number of fused-ring (bicyclic) bond motifs is 1. The Kier molecular flexibility index (Phi) is 3.99. The minimum absolute atomic E-state index is 0.461.